The second-order valence-electron chi connectivity index (χ2n) is 6.21. The summed E-state index contributed by atoms with van der Waals surface area (Å²) in [7, 11) is 0. The third-order valence-corrected chi connectivity index (χ3v) is 4.83. The van der Waals surface area contributed by atoms with E-state index in [2.05, 4.69) is 9.71 Å². The Kier molecular flexibility index (Phi) is 5.82. The van der Waals surface area contributed by atoms with Crippen LogP contribution in [0.1, 0.15) is 26.3 Å². The molecule has 9 heteroatoms. The molecule has 1 atom stereocenters. The van der Waals surface area contributed by atoms with Crippen LogP contribution in [0.4, 0.5) is 5.69 Å². The van der Waals surface area contributed by atoms with E-state index in [9.17, 15) is 13.8 Å². The highest BCUT2D eigenvalue weighted by molar-refractivity contribution is 7.80. The summed E-state index contributed by atoms with van der Waals surface area (Å²) in [5.41, 5.74) is 2.25. The Morgan fingerprint density at radius 3 is 2.22 bits per heavy atom. The van der Waals surface area contributed by atoms with Gasteiger partial charge in [-0.15, -0.1) is 0 Å². The van der Waals surface area contributed by atoms with E-state index in [4.69, 9.17) is 4.55 Å². The number of carbonyl (C=O) groups is 2. The number of carbonyl (C=O) groups excluding carboxylic acids is 2. The SMILES string of the molecule is Cc1cc(C(=O)N2CCN(C(=O)c3cccnc3)CC2)ccc1NS(=O)O. The van der Waals surface area contributed by atoms with Crippen LogP contribution in [0.5, 0.6) is 0 Å². The summed E-state index contributed by atoms with van der Waals surface area (Å²) in [6.45, 7) is 3.58. The molecule has 2 N–H and O–H groups in total. The lowest BCUT2D eigenvalue weighted by Crippen LogP contribution is -2.50. The first-order valence-corrected chi connectivity index (χ1v) is 9.53. The number of anilines is 1. The number of nitrogens with zero attached hydrogens (tertiary/aromatic N) is 3. The van der Waals surface area contributed by atoms with Gasteiger partial charge in [0.2, 0.25) is 0 Å². The van der Waals surface area contributed by atoms with E-state index in [-0.39, 0.29) is 11.8 Å². The van der Waals surface area contributed by atoms with Crippen LogP contribution in [0.3, 0.4) is 0 Å². The van der Waals surface area contributed by atoms with Crippen molar-refractivity contribution < 1.29 is 18.4 Å². The minimum absolute atomic E-state index is 0.0847. The van der Waals surface area contributed by atoms with Gasteiger partial charge in [-0.1, -0.05) is 0 Å². The average molecular weight is 388 g/mol. The van der Waals surface area contributed by atoms with E-state index in [1.807, 2.05) is 0 Å². The zero-order valence-corrected chi connectivity index (χ0v) is 15.6. The molecule has 1 saturated heterocycles. The van der Waals surface area contributed by atoms with E-state index in [1.54, 1.807) is 53.3 Å². The molecule has 142 valence electrons. The molecular weight excluding hydrogens is 368 g/mol. The fraction of sp³-hybridized carbons (Fsp3) is 0.278. The highest BCUT2D eigenvalue weighted by Gasteiger charge is 2.25. The molecule has 0 bridgehead atoms. The molecule has 27 heavy (non-hydrogen) atoms. The molecule has 2 amide bonds. The van der Waals surface area contributed by atoms with Gasteiger partial charge in [0.05, 0.1) is 11.3 Å². The summed E-state index contributed by atoms with van der Waals surface area (Å²) >= 11 is -2.16. The fourth-order valence-electron chi connectivity index (χ4n) is 2.97. The van der Waals surface area contributed by atoms with E-state index >= 15 is 0 Å². The summed E-state index contributed by atoms with van der Waals surface area (Å²) in [6, 6.07) is 8.37. The number of benzene rings is 1. The van der Waals surface area contributed by atoms with E-state index in [1.165, 1.54) is 6.20 Å². The van der Waals surface area contributed by atoms with Crippen molar-refractivity contribution >= 4 is 28.8 Å². The largest absolute Gasteiger partial charge is 0.335 e. The Morgan fingerprint density at radius 2 is 1.70 bits per heavy atom. The number of pyridine rings is 1. The van der Waals surface area contributed by atoms with Crippen molar-refractivity contribution in [3.8, 4) is 0 Å². The van der Waals surface area contributed by atoms with Gasteiger partial charge in [0.25, 0.3) is 23.1 Å². The molecule has 1 fully saturated rings. The summed E-state index contributed by atoms with van der Waals surface area (Å²) in [5.74, 6) is -0.207. The third kappa shape index (κ3) is 4.50. The first-order valence-electron chi connectivity index (χ1n) is 8.42. The van der Waals surface area contributed by atoms with Gasteiger partial charge >= 0.3 is 0 Å². The summed E-state index contributed by atoms with van der Waals surface area (Å²) in [5, 5.41) is 0. The molecule has 2 heterocycles. The number of hydrogen-bond acceptors (Lipinski definition) is 4. The number of aryl methyl sites for hydroxylation is 1. The lowest BCUT2D eigenvalue weighted by molar-refractivity contribution is 0.0535. The Labute approximate surface area is 159 Å². The maximum atomic E-state index is 12.7. The number of hydrogen-bond donors (Lipinski definition) is 2. The molecule has 0 saturated carbocycles. The van der Waals surface area contributed by atoms with Crippen molar-refractivity contribution in [1.29, 1.82) is 0 Å². The van der Waals surface area contributed by atoms with Gasteiger partial charge < -0.3 is 9.80 Å². The Bertz CT molecular complexity index is 867. The third-order valence-electron chi connectivity index (χ3n) is 4.43. The average Bonchev–Trinajstić information content (AvgIpc) is 2.69. The molecule has 1 aliphatic rings. The van der Waals surface area contributed by atoms with Gasteiger partial charge in [0.1, 0.15) is 0 Å². The fourth-order valence-corrected chi connectivity index (χ4v) is 3.39. The number of amides is 2. The van der Waals surface area contributed by atoms with Crippen LogP contribution in [0, 0.1) is 6.92 Å². The summed E-state index contributed by atoms with van der Waals surface area (Å²) < 4.78 is 22.2. The number of piperazine rings is 1. The lowest BCUT2D eigenvalue weighted by atomic mass is 10.1. The van der Waals surface area contributed by atoms with Crippen LogP contribution in [0.25, 0.3) is 0 Å². The van der Waals surface area contributed by atoms with E-state index in [0.29, 0.717) is 48.6 Å². The van der Waals surface area contributed by atoms with Crippen molar-refractivity contribution in [2.75, 3.05) is 30.9 Å². The number of aromatic nitrogens is 1. The second-order valence-corrected chi connectivity index (χ2v) is 6.91. The van der Waals surface area contributed by atoms with Crippen LogP contribution in [0.15, 0.2) is 42.7 Å². The molecule has 0 spiro atoms. The quantitative estimate of drug-likeness (QED) is 0.774. The minimum Gasteiger partial charge on any atom is -0.335 e. The first-order chi connectivity index (χ1) is 13.0. The smallest absolute Gasteiger partial charge is 0.259 e. The number of nitrogens with one attached hydrogen (secondary N) is 1. The van der Waals surface area contributed by atoms with Crippen molar-refractivity contribution in [3.63, 3.8) is 0 Å². The number of rotatable bonds is 4. The molecule has 0 aliphatic carbocycles. The van der Waals surface area contributed by atoms with Gasteiger partial charge in [-0.3, -0.25) is 23.8 Å². The molecule has 2 aromatic rings. The molecule has 3 rings (SSSR count). The van der Waals surface area contributed by atoms with Gasteiger partial charge in [-0.25, -0.2) is 4.21 Å². The van der Waals surface area contributed by atoms with Crippen molar-refractivity contribution in [2.24, 2.45) is 0 Å². The molecule has 1 aliphatic heterocycles. The van der Waals surface area contributed by atoms with Crippen LogP contribution in [-0.2, 0) is 11.3 Å². The molecule has 1 aromatic carbocycles. The highest BCUT2D eigenvalue weighted by atomic mass is 32.2. The predicted molar refractivity (Wildman–Crippen MR) is 102 cm³/mol. The van der Waals surface area contributed by atoms with Crippen LogP contribution >= 0.6 is 0 Å². The molecule has 1 aromatic heterocycles. The second kappa shape index (κ2) is 8.28. The van der Waals surface area contributed by atoms with Crippen molar-refractivity contribution in [2.45, 2.75) is 6.92 Å². The van der Waals surface area contributed by atoms with E-state index in [0.717, 1.165) is 0 Å². The van der Waals surface area contributed by atoms with Gasteiger partial charge in [0.15, 0.2) is 0 Å². The Balaban J connectivity index is 1.62. The predicted octanol–water partition coefficient (Wildman–Crippen LogP) is 1.54. The van der Waals surface area contributed by atoms with E-state index < -0.39 is 11.3 Å². The van der Waals surface area contributed by atoms with Crippen LogP contribution in [0.2, 0.25) is 0 Å². The maximum Gasteiger partial charge on any atom is 0.259 e. The van der Waals surface area contributed by atoms with Crippen LogP contribution in [-0.4, -0.2) is 61.5 Å². The summed E-state index contributed by atoms with van der Waals surface area (Å²) in [6.07, 6.45) is 3.16. The zero-order chi connectivity index (χ0) is 19.4. The minimum atomic E-state index is -2.16. The van der Waals surface area contributed by atoms with Crippen molar-refractivity contribution in [1.82, 2.24) is 14.8 Å². The van der Waals surface area contributed by atoms with Gasteiger partial charge in [-0.2, -0.15) is 0 Å². The van der Waals surface area contributed by atoms with Gasteiger partial charge in [-0.05, 0) is 42.8 Å². The van der Waals surface area contributed by atoms with Gasteiger partial charge in [0, 0.05) is 44.1 Å². The Morgan fingerprint density at radius 1 is 1.07 bits per heavy atom. The normalized spacial score (nSPS) is 15.3. The molecule has 0 radical (unpaired) electrons. The topological polar surface area (TPSA) is 103 Å². The molecule has 1 unspecified atom stereocenters. The summed E-state index contributed by atoms with van der Waals surface area (Å²) in [4.78, 5) is 32.6. The molecule has 8 nitrogen and oxygen atoms in total. The molecular formula is C18H20N4O4S. The highest BCUT2D eigenvalue weighted by Crippen LogP contribution is 2.19. The van der Waals surface area contributed by atoms with Crippen LogP contribution < -0.4 is 4.72 Å². The monoisotopic (exact) mass is 388 g/mol. The Hall–Kier alpha value is -2.78. The zero-order valence-electron chi connectivity index (χ0n) is 14.8. The standard InChI is InChI=1S/C18H20N4O4S/c1-13-11-14(4-5-16(13)20-27(25)26)17(23)21-7-9-22(10-8-21)18(24)15-3-2-6-19-12-15/h2-6,11-12,20H,7-10H2,1H3,(H,25,26). The first kappa shape index (κ1) is 19.0. The maximum absolute atomic E-state index is 12.7. The lowest BCUT2D eigenvalue weighted by Gasteiger charge is -2.34. The van der Waals surface area contributed by atoms with Crippen molar-refractivity contribution in [3.05, 3.63) is 59.4 Å².